The molecule has 0 aliphatic carbocycles. The number of methoxy groups -OCH3 is 1. The molecule has 1 heterocycles. The standard InChI is InChI=1S/C11H23N3O4S.ClH/c1-12-10-5-4-7-14(9-10)19(16,17)13(2)8-6-11(15)18-3;/h10,12H,4-9H2,1-3H3;1H. The summed E-state index contributed by atoms with van der Waals surface area (Å²) in [6, 6.07) is 0.192. The zero-order valence-electron chi connectivity index (χ0n) is 12.2. The van der Waals surface area contributed by atoms with Crippen molar-refractivity contribution in [3.8, 4) is 0 Å². The molecule has 9 heteroatoms. The van der Waals surface area contributed by atoms with Gasteiger partial charge in [-0.15, -0.1) is 12.4 Å². The van der Waals surface area contributed by atoms with Crippen molar-refractivity contribution in [2.24, 2.45) is 0 Å². The third kappa shape index (κ3) is 5.17. The van der Waals surface area contributed by atoms with Gasteiger partial charge in [-0.3, -0.25) is 4.79 Å². The zero-order valence-corrected chi connectivity index (χ0v) is 13.8. The number of esters is 1. The minimum atomic E-state index is -3.49. The molecule has 1 N–H and O–H groups in total. The molecule has 1 rings (SSSR count). The lowest BCUT2D eigenvalue weighted by atomic mass is 10.1. The fourth-order valence-electron chi connectivity index (χ4n) is 2.05. The first-order valence-corrected chi connectivity index (χ1v) is 7.77. The van der Waals surface area contributed by atoms with E-state index in [0.29, 0.717) is 13.1 Å². The van der Waals surface area contributed by atoms with E-state index in [0.717, 1.165) is 12.8 Å². The highest BCUT2D eigenvalue weighted by molar-refractivity contribution is 7.86. The van der Waals surface area contributed by atoms with Gasteiger partial charge in [0.15, 0.2) is 0 Å². The van der Waals surface area contributed by atoms with Crippen LogP contribution in [-0.2, 0) is 19.7 Å². The Bertz CT molecular complexity index is 404. The van der Waals surface area contributed by atoms with E-state index >= 15 is 0 Å². The summed E-state index contributed by atoms with van der Waals surface area (Å²) in [4.78, 5) is 11.1. The third-order valence-electron chi connectivity index (χ3n) is 3.37. The van der Waals surface area contributed by atoms with Crippen LogP contribution in [0, 0.1) is 0 Å². The summed E-state index contributed by atoms with van der Waals surface area (Å²) in [5, 5.41) is 3.11. The number of piperidine rings is 1. The Morgan fingerprint density at radius 3 is 2.70 bits per heavy atom. The molecular formula is C11H24ClN3O4S. The van der Waals surface area contributed by atoms with Gasteiger partial charge in [0, 0.05) is 32.7 Å². The summed E-state index contributed by atoms with van der Waals surface area (Å²) < 4.78 is 31.8. The molecule has 0 bridgehead atoms. The molecule has 1 atom stereocenters. The van der Waals surface area contributed by atoms with Crippen LogP contribution >= 0.6 is 12.4 Å². The number of likely N-dealkylation sites (N-methyl/N-ethyl adjacent to an activating group) is 1. The SMILES string of the molecule is CNC1CCCN(S(=O)(=O)N(C)CCC(=O)OC)C1.Cl. The molecule has 1 unspecified atom stereocenters. The molecule has 0 aromatic rings. The predicted molar refractivity (Wildman–Crippen MR) is 79.1 cm³/mol. The third-order valence-corrected chi connectivity index (χ3v) is 5.33. The number of ether oxygens (including phenoxy) is 1. The second-order valence-corrected chi connectivity index (χ2v) is 6.68. The van der Waals surface area contributed by atoms with Gasteiger partial charge in [-0.05, 0) is 19.9 Å². The Hall–Kier alpha value is -0.410. The summed E-state index contributed by atoms with van der Waals surface area (Å²) in [6.07, 6.45) is 1.89. The summed E-state index contributed by atoms with van der Waals surface area (Å²) in [6.45, 7) is 1.14. The maximum absolute atomic E-state index is 12.3. The van der Waals surface area contributed by atoms with E-state index in [4.69, 9.17) is 0 Å². The summed E-state index contributed by atoms with van der Waals surface area (Å²) in [7, 11) is 1.12. The van der Waals surface area contributed by atoms with Crippen molar-refractivity contribution in [1.82, 2.24) is 13.9 Å². The monoisotopic (exact) mass is 329 g/mol. The zero-order chi connectivity index (χ0) is 14.5. The van der Waals surface area contributed by atoms with Gasteiger partial charge in [0.2, 0.25) is 0 Å². The van der Waals surface area contributed by atoms with E-state index < -0.39 is 16.2 Å². The Labute approximate surface area is 127 Å². The van der Waals surface area contributed by atoms with Crippen LogP contribution < -0.4 is 5.32 Å². The normalized spacial score (nSPS) is 20.5. The van der Waals surface area contributed by atoms with Crippen molar-refractivity contribution in [2.75, 3.05) is 40.8 Å². The Kier molecular flexibility index (Phi) is 8.60. The number of hydrogen-bond donors (Lipinski definition) is 1. The average molecular weight is 330 g/mol. The molecule has 20 heavy (non-hydrogen) atoms. The number of nitrogens with zero attached hydrogens (tertiary/aromatic N) is 2. The van der Waals surface area contributed by atoms with Gasteiger partial charge in [0.25, 0.3) is 10.2 Å². The van der Waals surface area contributed by atoms with E-state index in [1.54, 1.807) is 0 Å². The lowest BCUT2D eigenvalue weighted by molar-refractivity contribution is -0.140. The molecule has 0 radical (unpaired) electrons. The van der Waals surface area contributed by atoms with E-state index in [1.165, 1.54) is 22.8 Å². The minimum absolute atomic E-state index is 0. The quantitative estimate of drug-likeness (QED) is 0.685. The number of nitrogens with one attached hydrogen (secondary N) is 1. The first-order valence-electron chi connectivity index (χ1n) is 6.37. The van der Waals surface area contributed by atoms with Crippen LogP contribution in [0.1, 0.15) is 19.3 Å². The van der Waals surface area contributed by atoms with Crippen LogP contribution in [0.5, 0.6) is 0 Å². The molecule has 0 aromatic carbocycles. The van der Waals surface area contributed by atoms with Crippen molar-refractivity contribution >= 4 is 28.6 Å². The van der Waals surface area contributed by atoms with E-state index in [9.17, 15) is 13.2 Å². The van der Waals surface area contributed by atoms with Crippen LogP contribution in [0.25, 0.3) is 0 Å². The van der Waals surface area contributed by atoms with E-state index in [1.807, 2.05) is 7.05 Å². The van der Waals surface area contributed by atoms with E-state index in [2.05, 4.69) is 10.1 Å². The Morgan fingerprint density at radius 1 is 1.50 bits per heavy atom. The molecule has 1 fully saturated rings. The number of carbonyl (C=O) groups is 1. The van der Waals surface area contributed by atoms with Gasteiger partial charge in [0.1, 0.15) is 0 Å². The number of halogens is 1. The molecule has 7 nitrogen and oxygen atoms in total. The number of hydrogen-bond acceptors (Lipinski definition) is 5. The maximum Gasteiger partial charge on any atom is 0.306 e. The molecule has 0 aromatic heterocycles. The largest absolute Gasteiger partial charge is 0.469 e. The lowest BCUT2D eigenvalue weighted by Gasteiger charge is -2.34. The van der Waals surface area contributed by atoms with Gasteiger partial charge in [-0.25, -0.2) is 0 Å². The highest BCUT2D eigenvalue weighted by Gasteiger charge is 2.31. The van der Waals surface area contributed by atoms with Crippen LogP contribution in [0.15, 0.2) is 0 Å². The minimum Gasteiger partial charge on any atom is -0.469 e. The summed E-state index contributed by atoms with van der Waals surface area (Å²) in [5.74, 6) is -0.409. The van der Waals surface area contributed by atoms with Crippen molar-refractivity contribution < 1.29 is 17.9 Å². The molecule has 0 saturated carbocycles. The maximum atomic E-state index is 12.3. The highest BCUT2D eigenvalue weighted by atomic mass is 35.5. The van der Waals surface area contributed by atoms with Crippen LogP contribution in [-0.4, -0.2) is 69.9 Å². The first kappa shape index (κ1) is 19.6. The smallest absolute Gasteiger partial charge is 0.306 e. The van der Waals surface area contributed by atoms with Crippen molar-refractivity contribution in [3.63, 3.8) is 0 Å². The molecule has 0 amide bonds. The van der Waals surface area contributed by atoms with Gasteiger partial charge in [0.05, 0.1) is 13.5 Å². The molecule has 1 aliphatic rings. The first-order chi connectivity index (χ1) is 8.91. The summed E-state index contributed by atoms with van der Waals surface area (Å²) in [5.41, 5.74) is 0. The lowest BCUT2D eigenvalue weighted by Crippen LogP contribution is -2.51. The molecule has 1 saturated heterocycles. The van der Waals surface area contributed by atoms with Gasteiger partial charge in [-0.1, -0.05) is 0 Å². The number of carbonyl (C=O) groups excluding carboxylic acids is 1. The van der Waals surface area contributed by atoms with Crippen molar-refractivity contribution in [1.29, 1.82) is 0 Å². The highest BCUT2D eigenvalue weighted by Crippen LogP contribution is 2.16. The van der Waals surface area contributed by atoms with Crippen LogP contribution in [0.2, 0.25) is 0 Å². The second-order valence-electron chi connectivity index (χ2n) is 4.64. The average Bonchev–Trinajstić information content (AvgIpc) is 2.44. The van der Waals surface area contributed by atoms with Crippen molar-refractivity contribution in [2.45, 2.75) is 25.3 Å². The fourth-order valence-corrected chi connectivity index (χ4v) is 3.50. The van der Waals surface area contributed by atoms with E-state index in [-0.39, 0.29) is 31.4 Å². The second kappa shape index (κ2) is 8.78. The van der Waals surface area contributed by atoms with Gasteiger partial charge >= 0.3 is 5.97 Å². The molecule has 1 aliphatic heterocycles. The van der Waals surface area contributed by atoms with Gasteiger partial charge in [-0.2, -0.15) is 17.0 Å². The Morgan fingerprint density at radius 2 is 2.15 bits per heavy atom. The predicted octanol–water partition coefficient (Wildman–Crippen LogP) is -0.168. The topological polar surface area (TPSA) is 79.0 Å². The van der Waals surface area contributed by atoms with Crippen molar-refractivity contribution in [3.05, 3.63) is 0 Å². The molecule has 120 valence electrons. The fraction of sp³-hybridized carbons (Fsp3) is 0.909. The number of rotatable bonds is 6. The Balaban J connectivity index is 0.00000361. The molecular weight excluding hydrogens is 306 g/mol. The van der Waals surface area contributed by atoms with Gasteiger partial charge < -0.3 is 10.1 Å². The summed E-state index contributed by atoms with van der Waals surface area (Å²) >= 11 is 0. The molecule has 0 spiro atoms. The van der Waals surface area contributed by atoms with Crippen LogP contribution in [0.3, 0.4) is 0 Å². The van der Waals surface area contributed by atoms with Crippen LogP contribution in [0.4, 0.5) is 0 Å².